The average Bonchev–Trinajstić information content (AvgIpc) is 3.04. The molecule has 106 valence electrons. The van der Waals surface area contributed by atoms with Crippen molar-refractivity contribution in [2.24, 2.45) is 5.73 Å². The number of alkyl halides is 3. The molecule has 0 amide bonds. The van der Waals surface area contributed by atoms with E-state index < -0.39 is 17.2 Å². The van der Waals surface area contributed by atoms with Crippen LogP contribution in [-0.4, -0.2) is 11.6 Å². The van der Waals surface area contributed by atoms with E-state index in [1.54, 1.807) is 0 Å². The van der Waals surface area contributed by atoms with Gasteiger partial charge in [-0.2, -0.15) is 13.2 Å². The van der Waals surface area contributed by atoms with Crippen LogP contribution in [0.5, 0.6) is 5.75 Å². The molecule has 7 heteroatoms. The molecule has 20 heavy (non-hydrogen) atoms. The molecule has 3 nitrogen and oxygen atoms in total. The molecule has 0 bridgehead atoms. The molecule has 2 heterocycles. The number of halogens is 3. The SMILES string of the molecule is NC(c1cnc(C(F)(F)F)s1)C1COc2ccccc21. The molecule has 2 N–H and O–H groups in total. The van der Waals surface area contributed by atoms with Gasteiger partial charge >= 0.3 is 6.18 Å². The Bertz CT molecular complexity index is 626. The maximum atomic E-state index is 12.6. The second-order valence-corrected chi connectivity index (χ2v) is 5.61. The Morgan fingerprint density at radius 1 is 1.35 bits per heavy atom. The first kappa shape index (κ1) is 13.4. The monoisotopic (exact) mass is 300 g/mol. The molecule has 2 unspecified atom stereocenters. The molecule has 0 fully saturated rings. The van der Waals surface area contributed by atoms with Crippen LogP contribution in [0, 0.1) is 0 Å². The summed E-state index contributed by atoms with van der Waals surface area (Å²) in [5.74, 6) is 0.598. The third kappa shape index (κ3) is 2.27. The fourth-order valence-corrected chi connectivity index (χ4v) is 3.10. The Kier molecular flexibility index (Phi) is 3.18. The van der Waals surface area contributed by atoms with Crippen LogP contribution in [0.4, 0.5) is 13.2 Å². The Morgan fingerprint density at radius 2 is 2.10 bits per heavy atom. The number of hydrogen-bond acceptors (Lipinski definition) is 4. The van der Waals surface area contributed by atoms with Crippen LogP contribution in [0.25, 0.3) is 0 Å². The quantitative estimate of drug-likeness (QED) is 0.925. The molecule has 0 saturated heterocycles. The van der Waals surface area contributed by atoms with Gasteiger partial charge in [0.15, 0.2) is 5.01 Å². The van der Waals surface area contributed by atoms with Crippen molar-refractivity contribution in [1.29, 1.82) is 0 Å². The Labute approximate surface area is 117 Å². The molecular formula is C13H11F3N2OS. The lowest BCUT2D eigenvalue weighted by Crippen LogP contribution is -2.20. The standard InChI is InChI=1S/C13H11F3N2OS/c14-13(15,16)12-18-5-10(20-12)11(17)8-6-19-9-4-2-1-3-7(8)9/h1-5,8,11H,6,17H2. The van der Waals surface area contributed by atoms with E-state index in [1.165, 1.54) is 6.20 Å². The molecule has 0 saturated carbocycles. The highest BCUT2D eigenvalue weighted by molar-refractivity contribution is 7.11. The number of fused-ring (bicyclic) bond motifs is 1. The first-order valence-corrected chi connectivity index (χ1v) is 6.78. The summed E-state index contributed by atoms with van der Waals surface area (Å²) in [6.45, 7) is 0.375. The molecule has 0 radical (unpaired) electrons. The van der Waals surface area contributed by atoms with Gasteiger partial charge in [-0.05, 0) is 6.07 Å². The molecule has 1 aliphatic heterocycles. The van der Waals surface area contributed by atoms with Crippen molar-refractivity contribution in [3.63, 3.8) is 0 Å². The zero-order chi connectivity index (χ0) is 14.3. The van der Waals surface area contributed by atoms with E-state index in [1.807, 2.05) is 24.3 Å². The van der Waals surface area contributed by atoms with E-state index in [0.29, 0.717) is 22.8 Å². The zero-order valence-electron chi connectivity index (χ0n) is 10.2. The Hall–Kier alpha value is -1.60. The molecule has 1 aromatic heterocycles. The van der Waals surface area contributed by atoms with E-state index in [9.17, 15) is 13.2 Å². The topological polar surface area (TPSA) is 48.1 Å². The fraction of sp³-hybridized carbons (Fsp3) is 0.308. The summed E-state index contributed by atoms with van der Waals surface area (Å²) in [4.78, 5) is 3.83. The molecule has 1 aromatic carbocycles. The van der Waals surface area contributed by atoms with Gasteiger partial charge < -0.3 is 10.5 Å². The van der Waals surface area contributed by atoms with Crippen molar-refractivity contribution in [2.75, 3.05) is 6.61 Å². The summed E-state index contributed by atoms with van der Waals surface area (Å²) in [7, 11) is 0. The summed E-state index contributed by atoms with van der Waals surface area (Å²) in [6.07, 6.45) is -3.22. The normalized spacial score (nSPS) is 19.5. The van der Waals surface area contributed by atoms with Gasteiger partial charge in [0.1, 0.15) is 5.75 Å². The minimum absolute atomic E-state index is 0.146. The summed E-state index contributed by atoms with van der Waals surface area (Å²) in [5, 5.41) is -0.866. The Morgan fingerprint density at radius 3 is 2.80 bits per heavy atom. The number of nitrogens with zero attached hydrogens (tertiary/aromatic N) is 1. The van der Waals surface area contributed by atoms with Crippen molar-refractivity contribution >= 4 is 11.3 Å². The van der Waals surface area contributed by atoms with E-state index in [2.05, 4.69) is 4.98 Å². The van der Waals surface area contributed by atoms with Gasteiger partial charge in [-0.3, -0.25) is 0 Å². The van der Waals surface area contributed by atoms with Crippen molar-refractivity contribution < 1.29 is 17.9 Å². The average molecular weight is 300 g/mol. The number of hydrogen-bond donors (Lipinski definition) is 1. The van der Waals surface area contributed by atoms with Crippen molar-refractivity contribution in [3.8, 4) is 5.75 Å². The summed E-state index contributed by atoms with van der Waals surface area (Å²) >= 11 is 0.593. The summed E-state index contributed by atoms with van der Waals surface area (Å²) < 4.78 is 43.2. The van der Waals surface area contributed by atoms with Gasteiger partial charge in [0.2, 0.25) is 0 Å². The van der Waals surface area contributed by atoms with Crippen molar-refractivity contribution in [3.05, 3.63) is 45.9 Å². The Balaban J connectivity index is 1.87. The van der Waals surface area contributed by atoms with Crippen LogP contribution >= 0.6 is 11.3 Å². The number of benzene rings is 1. The van der Waals surface area contributed by atoms with Gasteiger partial charge in [-0.25, -0.2) is 4.98 Å². The van der Waals surface area contributed by atoms with Gasteiger partial charge in [-0.15, -0.1) is 11.3 Å². The third-order valence-electron chi connectivity index (χ3n) is 3.26. The molecule has 0 spiro atoms. The van der Waals surface area contributed by atoms with Gasteiger partial charge in [0.25, 0.3) is 0 Å². The second-order valence-electron chi connectivity index (χ2n) is 4.55. The number of para-hydroxylation sites is 1. The maximum absolute atomic E-state index is 12.6. The second kappa shape index (κ2) is 4.75. The van der Waals surface area contributed by atoms with Gasteiger partial charge in [0, 0.05) is 22.6 Å². The minimum Gasteiger partial charge on any atom is -0.493 e. The van der Waals surface area contributed by atoms with E-state index >= 15 is 0 Å². The van der Waals surface area contributed by atoms with Crippen LogP contribution < -0.4 is 10.5 Å². The first-order chi connectivity index (χ1) is 9.47. The van der Waals surface area contributed by atoms with E-state index in [-0.39, 0.29) is 5.92 Å². The number of aromatic nitrogens is 1. The van der Waals surface area contributed by atoms with E-state index in [4.69, 9.17) is 10.5 Å². The van der Waals surface area contributed by atoms with Crippen molar-refractivity contribution in [2.45, 2.75) is 18.1 Å². The highest BCUT2D eigenvalue weighted by Crippen LogP contribution is 2.42. The lowest BCUT2D eigenvalue weighted by atomic mass is 9.93. The third-order valence-corrected chi connectivity index (χ3v) is 4.41. The first-order valence-electron chi connectivity index (χ1n) is 5.97. The molecule has 1 aliphatic rings. The molecule has 3 rings (SSSR count). The molecule has 2 aromatic rings. The number of rotatable bonds is 2. The summed E-state index contributed by atoms with van der Waals surface area (Å²) in [5.41, 5.74) is 7.03. The molecular weight excluding hydrogens is 289 g/mol. The molecule has 0 aliphatic carbocycles. The van der Waals surface area contributed by atoms with Crippen LogP contribution in [-0.2, 0) is 6.18 Å². The predicted octanol–water partition coefficient (Wildman–Crippen LogP) is 3.34. The molecule has 2 atom stereocenters. The van der Waals surface area contributed by atoms with Crippen LogP contribution in [0.1, 0.15) is 27.4 Å². The van der Waals surface area contributed by atoms with Gasteiger partial charge in [0.05, 0.1) is 12.6 Å². The fourth-order valence-electron chi connectivity index (χ4n) is 2.25. The largest absolute Gasteiger partial charge is 0.493 e. The van der Waals surface area contributed by atoms with Crippen LogP contribution in [0.2, 0.25) is 0 Å². The van der Waals surface area contributed by atoms with Gasteiger partial charge in [-0.1, -0.05) is 18.2 Å². The predicted molar refractivity (Wildman–Crippen MR) is 68.7 cm³/mol. The minimum atomic E-state index is -4.42. The summed E-state index contributed by atoms with van der Waals surface area (Å²) in [6, 6.07) is 6.88. The van der Waals surface area contributed by atoms with Crippen LogP contribution in [0.15, 0.2) is 30.5 Å². The lowest BCUT2D eigenvalue weighted by molar-refractivity contribution is -0.137. The maximum Gasteiger partial charge on any atom is 0.443 e. The zero-order valence-corrected chi connectivity index (χ0v) is 11.0. The highest BCUT2D eigenvalue weighted by atomic mass is 32.1. The van der Waals surface area contributed by atoms with Crippen LogP contribution in [0.3, 0.4) is 0 Å². The lowest BCUT2D eigenvalue weighted by Gasteiger charge is -2.16. The van der Waals surface area contributed by atoms with E-state index in [0.717, 1.165) is 11.3 Å². The van der Waals surface area contributed by atoms with Crippen molar-refractivity contribution in [1.82, 2.24) is 4.98 Å². The highest BCUT2D eigenvalue weighted by Gasteiger charge is 2.37. The number of thiazole rings is 1. The number of ether oxygens (including phenoxy) is 1. The smallest absolute Gasteiger partial charge is 0.443 e. The number of nitrogens with two attached hydrogens (primary N) is 1.